The van der Waals surface area contributed by atoms with Crippen LogP contribution in [0.5, 0.6) is 5.75 Å². The number of hydrazine groups is 1. The number of benzene rings is 1. The van der Waals surface area contributed by atoms with Crippen molar-refractivity contribution >= 4 is 17.6 Å². The molecule has 2 rings (SSSR count). The summed E-state index contributed by atoms with van der Waals surface area (Å²) in [6.45, 7) is 8.66. The molecule has 160 valence electrons. The van der Waals surface area contributed by atoms with Crippen LogP contribution in [0, 0.1) is 0 Å². The third-order valence-corrected chi connectivity index (χ3v) is 4.56. The van der Waals surface area contributed by atoms with Gasteiger partial charge in [-0.25, -0.2) is 0 Å². The summed E-state index contributed by atoms with van der Waals surface area (Å²) < 4.78 is 11.0. The lowest BCUT2D eigenvalue weighted by Gasteiger charge is -2.35. The van der Waals surface area contributed by atoms with Crippen LogP contribution >= 0.6 is 0 Å². The van der Waals surface area contributed by atoms with E-state index in [1.165, 1.54) is 0 Å². The number of ether oxygens (including phenoxy) is 2. The molecule has 1 aliphatic rings. The molecule has 1 aromatic carbocycles. The van der Waals surface area contributed by atoms with E-state index in [0.29, 0.717) is 24.5 Å². The second kappa shape index (κ2) is 11.5. The van der Waals surface area contributed by atoms with Gasteiger partial charge in [-0.15, -0.1) is 0 Å². The van der Waals surface area contributed by atoms with Gasteiger partial charge in [0.05, 0.1) is 18.8 Å². The number of nitrogens with one attached hydrogen (secondary N) is 2. The highest BCUT2D eigenvalue weighted by atomic mass is 16.5. The molecule has 1 saturated heterocycles. The first-order valence-corrected chi connectivity index (χ1v) is 10.1. The second-order valence-corrected chi connectivity index (χ2v) is 7.24. The van der Waals surface area contributed by atoms with E-state index < -0.39 is 5.91 Å². The van der Waals surface area contributed by atoms with E-state index in [0.717, 1.165) is 13.1 Å². The van der Waals surface area contributed by atoms with E-state index in [4.69, 9.17) is 9.47 Å². The number of nitrogens with zero attached hydrogens (tertiary/aromatic N) is 1. The normalized spacial score (nSPS) is 19.4. The summed E-state index contributed by atoms with van der Waals surface area (Å²) >= 11 is 0. The molecule has 8 nitrogen and oxygen atoms in total. The quantitative estimate of drug-likeness (QED) is 0.479. The largest absolute Gasteiger partial charge is 0.494 e. The highest BCUT2D eigenvalue weighted by Gasteiger charge is 2.22. The van der Waals surface area contributed by atoms with Crippen LogP contribution in [-0.2, 0) is 14.3 Å². The minimum absolute atomic E-state index is 0.00478. The zero-order valence-electron chi connectivity index (χ0n) is 17.4. The number of amides is 2. The Bertz CT molecular complexity index is 682. The molecule has 0 unspecified atom stereocenters. The third-order valence-electron chi connectivity index (χ3n) is 4.56. The van der Waals surface area contributed by atoms with Gasteiger partial charge in [-0.3, -0.25) is 30.1 Å². The molecule has 2 N–H and O–H groups in total. The molecule has 2 amide bonds. The molecule has 1 aliphatic heterocycles. The lowest BCUT2D eigenvalue weighted by Crippen LogP contribution is -2.47. The predicted octanol–water partition coefficient (Wildman–Crippen LogP) is 1.69. The van der Waals surface area contributed by atoms with Crippen LogP contribution in [-0.4, -0.2) is 60.9 Å². The highest BCUT2D eigenvalue weighted by molar-refractivity contribution is 5.98. The van der Waals surface area contributed by atoms with Gasteiger partial charge in [0.1, 0.15) is 5.75 Å². The van der Waals surface area contributed by atoms with E-state index in [1.54, 1.807) is 24.3 Å². The lowest BCUT2D eigenvalue weighted by molar-refractivity contribution is -0.129. The van der Waals surface area contributed by atoms with Crippen molar-refractivity contribution in [2.24, 2.45) is 0 Å². The summed E-state index contributed by atoms with van der Waals surface area (Å²) in [4.78, 5) is 38.2. The van der Waals surface area contributed by atoms with Crippen LogP contribution in [0.15, 0.2) is 24.3 Å². The van der Waals surface area contributed by atoms with Crippen LogP contribution in [0.1, 0.15) is 50.4 Å². The third kappa shape index (κ3) is 8.21. The monoisotopic (exact) mass is 405 g/mol. The van der Waals surface area contributed by atoms with E-state index in [-0.39, 0.29) is 43.2 Å². The molecule has 0 aromatic heterocycles. The van der Waals surface area contributed by atoms with Gasteiger partial charge in [0.25, 0.3) is 0 Å². The average molecular weight is 405 g/mol. The van der Waals surface area contributed by atoms with Crippen LogP contribution in [0.4, 0.5) is 0 Å². The Balaban J connectivity index is 1.63. The van der Waals surface area contributed by atoms with E-state index in [2.05, 4.69) is 15.8 Å². The number of rotatable bonds is 9. The number of ketones is 1. The number of Topliss-reactive ketones (excluding diaryl/α,β-unsaturated/α-hetero) is 1. The molecule has 0 aliphatic carbocycles. The summed E-state index contributed by atoms with van der Waals surface area (Å²) in [7, 11) is 0. The number of hydrogen-bond donors (Lipinski definition) is 2. The van der Waals surface area contributed by atoms with Crippen LogP contribution in [0.2, 0.25) is 0 Å². The standard InChI is InChI=1S/C21H31N3O5/c1-4-28-18-7-5-17(6-8-18)19(25)9-10-20(26)22-23-21(27)11-12-24-13-15(2)29-16(3)14-24/h5-8,15-16H,4,9-14H2,1-3H3,(H,22,26)(H,23,27)/t15-,16-/m1/s1. The van der Waals surface area contributed by atoms with E-state index in [1.807, 2.05) is 20.8 Å². The maximum absolute atomic E-state index is 12.2. The van der Waals surface area contributed by atoms with Gasteiger partial charge in [0.2, 0.25) is 11.8 Å². The van der Waals surface area contributed by atoms with Crippen molar-refractivity contribution in [2.75, 3.05) is 26.2 Å². The molecule has 0 spiro atoms. The topological polar surface area (TPSA) is 97.0 Å². The van der Waals surface area contributed by atoms with Crippen LogP contribution in [0.3, 0.4) is 0 Å². The predicted molar refractivity (Wildman–Crippen MR) is 109 cm³/mol. The molecule has 29 heavy (non-hydrogen) atoms. The summed E-state index contributed by atoms with van der Waals surface area (Å²) in [5.41, 5.74) is 5.30. The summed E-state index contributed by atoms with van der Waals surface area (Å²) in [5.74, 6) is -0.0928. The van der Waals surface area contributed by atoms with E-state index in [9.17, 15) is 14.4 Å². The Morgan fingerprint density at radius 3 is 2.17 bits per heavy atom. The minimum Gasteiger partial charge on any atom is -0.494 e. The van der Waals surface area contributed by atoms with Gasteiger partial charge in [-0.2, -0.15) is 0 Å². The fraction of sp³-hybridized carbons (Fsp3) is 0.571. The number of carbonyl (C=O) groups is 3. The van der Waals surface area contributed by atoms with Crippen molar-refractivity contribution in [3.8, 4) is 5.75 Å². The Morgan fingerprint density at radius 1 is 1.00 bits per heavy atom. The molecule has 0 bridgehead atoms. The Labute approximate surface area is 171 Å². The van der Waals surface area contributed by atoms with Gasteiger partial charge in [-0.1, -0.05) is 0 Å². The van der Waals surface area contributed by atoms with Crippen molar-refractivity contribution in [3.63, 3.8) is 0 Å². The Kier molecular flexibility index (Phi) is 9.08. The molecule has 1 heterocycles. The molecule has 0 saturated carbocycles. The van der Waals surface area contributed by atoms with Crippen molar-refractivity contribution in [1.82, 2.24) is 15.8 Å². The zero-order valence-corrected chi connectivity index (χ0v) is 17.4. The van der Waals surface area contributed by atoms with Gasteiger partial charge in [0.15, 0.2) is 5.78 Å². The Morgan fingerprint density at radius 2 is 1.59 bits per heavy atom. The molecular formula is C21H31N3O5. The summed E-state index contributed by atoms with van der Waals surface area (Å²) in [6, 6.07) is 6.82. The van der Waals surface area contributed by atoms with Crippen molar-refractivity contribution in [3.05, 3.63) is 29.8 Å². The van der Waals surface area contributed by atoms with Gasteiger partial charge < -0.3 is 9.47 Å². The smallest absolute Gasteiger partial charge is 0.239 e. The number of morpholine rings is 1. The summed E-state index contributed by atoms with van der Waals surface area (Å²) in [5, 5.41) is 0. The maximum Gasteiger partial charge on any atom is 0.239 e. The van der Waals surface area contributed by atoms with Gasteiger partial charge in [0, 0.05) is 44.5 Å². The average Bonchev–Trinajstić information content (AvgIpc) is 2.69. The maximum atomic E-state index is 12.2. The van der Waals surface area contributed by atoms with Crippen molar-refractivity contribution < 1.29 is 23.9 Å². The lowest BCUT2D eigenvalue weighted by atomic mass is 10.1. The SMILES string of the molecule is CCOc1ccc(C(=O)CCC(=O)NNC(=O)CCN2C[C@@H](C)O[C@H](C)C2)cc1. The van der Waals surface area contributed by atoms with Crippen LogP contribution in [0.25, 0.3) is 0 Å². The number of hydrogen-bond acceptors (Lipinski definition) is 6. The van der Waals surface area contributed by atoms with E-state index >= 15 is 0 Å². The van der Waals surface area contributed by atoms with Crippen molar-refractivity contribution in [2.45, 2.75) is 52.2 Å². The molecule has 1 fully saturated rings. The zero-order chi connectivity index (χ0) is 21.2. The molecule has 8 heteroatoms. The van der Waals surface area contributed by atoms with Crippen LogP contribution < -0.4 is 15.6 Å². The second-order valence-electron chi connectivity index (χ2n) is 7.24. The van der Waals surface area contributed by atoms with Gasteiger partial charge in [-0.05, 0) is 45.0 Å². The number of carbonyl (C=O) groups excluding carboxylic acids is 3. The first-order chi connectivity index (χ1) is 13.9. The molecule has 1 aromatic rings. The highest BCUT2D eigenvalue weighted by Crippen LogP contribution is 2.14. The first-order valence-electron chi connectivity index (χ1n) is 10.1. The fourth-order valence-corrected chi connectivity index (χ4v) is 3.27. The fourth-order valence-electron chi connectivity index (χ4n) is 3.27. The minimum atomic E-state index is -0.397. The molecular weight excluding hydrogens is 374 g/mol. The first kappa shape index (κ1) is 22.8. The molecule has 0 radical (unpaired) electrons. The van der Waals surface area contributed by atoms with Gasteiger partial charge >= 0.3 is 0 Å². The molecule has 2 atom stereocenters. The van der Waals surface area contributed by atoms with Crippen molar-refractivity contribution in [1.29, 1.82) is 0 Å². The summed E-state index contributed by atoms with van der Waals surface area (Å²) in [6.07, 6.45) is 0.651. The Hall–Kier alpha value is -2.45.